The van der Waals surface area contributed by atoms with Crippen molar-refractivity contribution in [2.75, 3.05) is 0 Å². The molecule has 0 fully saturated rings. The molecule has 0 N–H and O–H groups in total. The number of hydrogen-bond acceptors (Lipinski definition) is 3. The molecule has 0 spiro atoms. The van der Waals surface area contributed by atoms with Gasteiger partial charge in [0.2, 0.25) is 11.6 Å². The Labute approximate surface area is 113 Å². The minimum absolute atomic E-state index is 0.172. The second-order valence-corrected chi connectivity index (χ2v) is 3.80. The molecule has 1 heterocycles. The lowest BCUT2D eigenvalue weighted by molar-refractivity contribution is 0.102. The van der Waals surface area contributed by atoms with E-state index in [2.05, 4.69) is 16.5 Å². The summed E-state index contributed by atoms with van der Waals surface area (Å²) in [6.07, 6.45) is 12.3. The predicted molar refractivity (Wildman–Crippen MR) is 79.0 cm³/mol. The van der Waals surface area contributed by atoms with Crippen molar-refractivity contribution in [3.63, 3.8) is 0 Å². The summed E-state index contributed by atoms with van der Waals surface area (Å²) in [4.78, 5) is 20.6. The zero-order chi connectivity index (χ0) is 14.3. The van der Waals surface area contributed by atoms with Crippen LogP contribution >= 0.6 is 0 Å². The quantitative estimate of drug-likeness (QED) is 0.468. The maximum Gasteiger partial charge on any atom is 0.229 e. The highest BCUT2D eigenvalue weighted by Gasteiger charge is 2.11. The van der Waals surface area contributed by atoms with E-state index in [0.29, 0.717) is 5.57 Å². The minimum Gasteiger partial charge on any atom is -0.285 e. The Bertz CT molecular complexity index is 652. The average Bonchev–Trinajstić information content (AvgIpc) is 2.44. The average molecular weight is 254 g/mol. The molecule has 0 bridgehead atoms. The number of ketones is 1. The van der Waals surface area contributed by atoms with E-state index in [4.69, 9.17) is 0 Å². The highest BCUT2D eigenvalue weighted by Crippen LogP contribution is 2.03. The summed E-state index contributed by atoms with van der Waals surface area (Å²) in [5.74, 6) is 0.0364. The van der Waals surface area contributed by atoms with Crippen molar-refractivity contribution in [1.29, 1.82) is 0 Å². The number of hydrogen-bond donors (Lipinski definition) is 0. The van der Waals surface area contributed by atoms with Gasteiger partial charge in [0.1, 0.15) is 0 Å². The van der Waals surface area contributed by atoms with Crippen LogP contribution in [0, 0.1) is 0 Å². The van der Waals surface area contributed by atoms with Gasteiger partial charge in [0, 0.05) is 17.0 Å². The minimum atomic E-state index is -0.172. The molecule has 0 saturated heterocycles. The molecule has 0 aliphatic rings. The number of aromatic nitrogens is 2. The molecule has 1 aromatic rings. The molecule has 0 aliphatic heterocycles. The summed E-state index contributed by atoms with van der Waals surface area (Å²) in [7, 11) is 0. The molecule has 1 aromatic heterocycles. The molecule has 3 nitrogen and oxygen atoms in total. The largest absolute Gasteiger partial charge is 0.285 e. The Morgan fingerprint density at radius 3 is 2.58 bits per heavy atom. The van der Waals surface area contributed by atoms with Crippen LogP contribution in [-0.2, 0) is 0 Å². The summed E-state index contributed by atoms with van der Waals surface area (Å²) < 4.78 is 0. The lowest BCUT2D eigenvalue weighted by atomic mass is 10.1. The first-order chi connectivity index (χ1) is 9.17. The molecule has 19 heavy (non-hydrogen) atoms. The summed E-state index contributed by atoms with van der Waals surface area (Å²) in [6.45, 7) is 9.20. The Morgan fingerprint density at radius 2 is 2.05 bits per heavy atom. The van der Waals surface area contributed by atoms with Gasteiger partial charge in [-0.05, 0) is 20.8 Å². The molecule has 0 aliphatic carbocycles. The number of nitrogens with zero attached hydrogens (tertiary/aromatic N) is 2. The van der Waals surface area contributed by atoms with Gasteiger partial charge >= 0.3 is 0 Å². The topological polar surface area (TPSA) is 42.9 Å². The van der Waals surface area contributed by atoms with Crippen molar-refractivity contribution in [1.82, 2.24) is 9.97 Å². The Balaban J connectivity index is 3.36. The molecular weight excluding hydrogens is 236 g/mol. The molecule has 3 heteroatoms. The molecule has 98 valence electrons. The van der Waals surface area contributed by atoms with Crippen LogP contribution in [0.5, 0.6) is 0 Å². The van der Waals surface area contributed by atoms with E-state index in [1.165, 1.54) is 0 Å². The van der Waals surface area contributed by atoms with E-state index in [-0.39, 0.29) is 11.6 Å². The second-order valence-electron chi connectivity index (χ2n) is 3.80. The molecule has 1 rings (SSSR count). The fraction of sp³-hybridized carbons (Fsp3) is 0.188. The molecule has 0 saturated carbocycles. The van der Waals surface area contributed by atoms with Crippen LogP contribution in [0.1, 0.15) is 31.4 Å². The summed E-state index contributed by atoms with van der Waals surface area (Å²) in [5, 5.41) is 1.58. The Hall–Kier alpha value is -2.29. The van der Waals surface area contributed by atoms with Gasteiger partial charge < -0.3 is 0 Å². The van der Waals surface area contributed by atoms with Crippen LogP contribution in [0.3, 0.4) is 0 Å². The standard InChI is InChI=1S/C16H18N2O/c1-5-9-12(7-3)15(19)16-17-11-13(10-6-2)14(8-4)18-16/h5-11H,2H2,1,3-4H3/b9-5-,12-7+,13-10-,14-8+. The van der Waals surface area contributed by atoms with E-state index < -0.39 is 0 Å². The first kappa shape index (κ1) is 14.8. The SMILES string of the molecule is C=C/C=c1/cnc(C(=O)C(/C=C\C)=C/C)n/c1=C/C. The van der Waals surface area contributed by atoms with Gasteiger partial charge in [-0.25, -0.2) is 9.97 Å². The van der Waals surface area contributed by atoms with Gasteiger partial charge in [-0.3, -0.25) is 4.79 Å². The summed E-state index contributed by atoms with van der Waals surface area (Å²) in [6, 6.07) is 0. The van der Waals surface area contributed by atoms with Crippen molar-refractivity contribution in [3.8, 4) is 0 Å². The van der Waals surface area contributed by atoms with Crippen LogP contribution in [0.25, 0.3) is 12.2 Å². The third kappa shape index (κ3) is 3.58. The highest BCUT2D eigenvalue weighted by atomic mass is 16.1. The van der Waals surface area contributed by atoms with Crippen LogP contribution in [0.15, 0.2) is 42.7 Å². The van der Waals surface area contributed by atoms with E-state index in [9.17, 15) is 4.79 Å². The van der Waals surface area contributed by atoms with Gasteiger partial charge in [0.15, 0.2) is 0 Å². The molecular formula is C16H18N2O. The van der Waals surface area contributed by atoms with Crippen LogP contribution < -0.4 is 10.6 Å². The van der Waals surface area contributed by atoms with Crippen molar-refractivity contribution in [2.24, 2.45) is 0 Å². The van der Waals surface area contributed by atoms with Crippen LogP contribution in [0.2, 0.25) is 0 Å². The normalized spacial score (nSPS) is 14.2. The lowest BCUT2D eigenvalue weighted by Gasteiger charge is -2.00. The van der Waals surface area contributed by atoms with Crippen molar-refractivity contribution in [3.05, 3.63) is 59.0 Å². The van der Waals surface area contributed by atoms with Crippen molar-refractivity contribution >= 4 is 17.9 Å². The smallest absolute Gasteiger partial charge is 0.229 e. The Morgan fingerprint density at radius 1 is 1.32 bits per heavy atom. The number of allylic oxidation sites excluding steroid dienone is 5. The monoisotopic (exact) mass is 254 g/mol. The lowest BCUT2D eigenvalue weighted by Crippen LogP contribution is -2.31. The first-order valence-corrected chi connectivity index (χ1v) is 6.13. The molecule has 0 radical (unpaired) electrons. The van der Waals surface area contributed by atoms with Gasteiger partial charge in [0.05, 0.1) is 5.35 Å². The van der Waals surface area contributed by atoms with E-state index in [1.807, 2.05) is 39.0 Å². The molecule has 0 amide bonds. The second kappa shape index (κ2) is 7.21. The summed E-state index contributed by atoms with van der Waals surface area (Å²) >= 11 is 0. The van der Waals surface area contributed by atoms with Crippen molar-refractivity contribution in [2.45, 2.75) is 20.8 Å². The zero-order valence-electron chi connectivity index (χ0n) is 11.6. The van der Waals surface area contributed by atoms with Gasteiger partial charge in [-0.2, -0.15) is 0 Å². The fourth-order valence-corrected chi connectivity index (χ4v) is 1.61. The highest BCUT2D eigenvalue weighted by molar-refractivity contribution is 6.08. The molecule has 0 atom stereocenters. The van der Waals surface area contributed by atoms with Crippen molar-refractivity contribution < 1.29 is 4.79 Å². The van der Waals surface area contributed by atoms with E-state index in [0.717, 1.165) is 10.6 Å². The number of carbonyl (C=O) groups is 1. The molecule has 0 unspecified atom stereocenters. The van der Waals surface area contributed by atoms with Gasteiger partial charge in [-0.15, -0.1) is 0 Å². The third-order valence-electron chi connectivity index (χ3n) is 2.54. The van der Waals surface area contributed by atoms with Gasteiger partial charge in [-0.1, -0.05) is 43.0 Å². The fourth-order valence-electron chi connectivity index (χ4n) is 1.61. The molecule has 0 aromatic carbocycles. The van der Waals surface area contributed by atoms with Gasteiger partial charge in [0.25, 0.3) is 0 Å². The zero-order valence-corrected chi connectivity index (χ0v) is 11.6. The van der Waals surface area contributed by atoms with Crippen LogP contribution in [0.4, 0.5) is 0 Å². The maximum absolute atomic E-state index is 12.2. The first-order valence-electron chi connectivity index (χ1n) is 6.13. The van der Waals surface area contributed by atoms with E-state index in [1.54, 1.807) is 24.4 Å². The summed E-state index contributed by atoms with van der Waals surface area (Å²) in [5.41, 5.74) is 0.588. The predicted octanol–water partition coefficient (Wildman–Crippen LogP) is 1.95. The third-order valence-corrected chi connectivity index (χ3v) is 2.54. The number of Topliss-reactive ketones (excluding diaryl/α,β-unsaturated/α-hetero) is 1. The number of carbonyl (C=O) groups excluding carboxylic acids is 1. The van der Waals surface area contributed by atoms with Crippen LogP contribution in [-0.4, -0.2) is 15.8 Å². The Kier molecular flexibility index (Phi) is 5.61. The van der Waals surface area contributed by atoms with E-state index >= 15 is 0 Å². The number of rotatable bonds is 4. The maximum atomic E-state index is 12.2.